The van der Waals surface area contributed by atoms with Crippen LogP contribution in [0.3, 0.4) is 0 Å². The van der Waals surface area contributed by atoms with Gasteiger partial charge in [0.25, 0.3) is 0 Å². The number of imidazole rings is 1. The van der Waals surface area contributed by atoms with Crippen molar-refractivity contribution in [2.45, 2.75) is 94.5 Å². The molecule has 0 spiro atoms. The molecular formula is C52H58N8O2. The van der Waals surface area contributed by atoms with Gasteiger partial charge in [-0.15, -0.1) is 0 Å². The summed E-state index contributed by atoms with van der Waals surface area (Å²) in [4.78, 5) is 46.5. The van der Waals surface area contributed by atoms with Crippen LogP contribution in [-0.2, 0) is 9.59 Å². The number of aromatic amines is 1. The van der Waals surface area contributed by atoms with Crippen molar-refractivity contribution in [3.05, 3.63) is 138 Å². The normalized spacial score (nSPS) is 23.0. The molecule has 4 saturated heterocycles. The van der Waals surface area contributed by atoms with E-state index in [1.807, 2.05) is 42.6 Å². The molecule has 4 aromatic carbocycles. The van der Waals surface area contributed by atoms with E-state index >= 15 is 0 Å². The molecule has 0 bridgehead atoms. The third kappa shape index (κ3) is 8.36. The van der Waals surface area contributed by atoms with Crippen molar-refractivity contribution in [2.24, 2.45) is 0 Å². The van der Waals surface area contributed by atoms with Gasteiger partial charge in [0.15, 0.2) is 0 Å². The number of fused-ring (bicyclic) bond motifs is 1. The highest BCUT2D eigenvalue weighted by Gasteiger charge is 2.42. The Bertz CT molecular complexity index is 2440. The molecule has 5 aliphatic heterocycles. The predicted molar refractivity (Wildman–Crippen MR) is 244 cm³/mol. The van der Waals surface area contributed by atoms with Gasteiger partial charge < -0.3 is 25.4 Å². The molecule has 0 aliphatic carbocycles. The minimum atomic E-state index is -0.261. The van der Waals surface area contributed by atoms with Crippen LogP contribution in [0.15, 0.2) is 115 Å². The van der Waals surface area contributed by atoms with Crippen molar-refractivity contribution >= 4 is 22.8 Å². The number of carbonyl (C=O) groups excluding carboxylic acids is 2. The zero-order valence-corrected chi connectivity index (χ0v) is 35.6. The molecule has 5 aliphatic rings. The van der Waals surface area contributed by atoms with Crippen molar-refractivity contribution in [2.75, 3.05) is 39.3 Å². The highest BCUT2D eigenvalue weighted by Crippen LogP contribution is 2.37. The first-order chi connectivity index (χ1) is 30.6. The summed E-state index contributed by atoms with van der Waals surface area (Å²) in [5.41, 5.74) is 8.01. The molecule has 1 aromatic heterocycles. The number of nitrogens with zero attached hydrogens (tertiary/aromatic N) is 5. The van der Waals surface area contributed by atoms with Crippen LogP contribution in [-0.4, -0.2) is 92.9 Å². The molecule has 0 radical (unpaired) electrons. The Morgan fingerprint density at radius 1 is 0.613 bits per heavy atom. The molecule has 10 heteroatoms. The first-order valence-electron chi connectivity index (χ1n) is 23.1. The highest BCUT2D eigenvalue weighted by atomic mass is 16.2. The quantitative estimate of drug-likeness (QED) is 0.130. The summed E-state index contributed by atoms with van der Waals surface area (Å²) in [7, 11) is 0. The first kappa shape index (κ1) is 40.2. The fraction of sp³-hybridized carbons (Fsp3) is 0.404. The number of carbonyl (C=O) groups is 2. The third-order valence-electron chi connectivity index (χ3n) is 13.8. The van der Waals surface area contributed by atoms with E-state index in [4.69, 9.17) is 4.98 Å². The number of hydrogen-bond acceptors (Lipinski definition) is 7. The molecule has 6 heterocycles. The monoisotopic (exact) mass is 826 g/mol. The number of piperidine rings is 2. The lowest BCUT2D eigenvalue weighted by molar-refractivity contribution is -0.139. The summed E-state index contributed by atoms with van der Waals surface area (Å²) < 4.78 is 0. The molecule has 62 heavy (non-hydrogen) atoms. The molecule has 2 amide bonds. The number of H-pyrrole nitrogens is 1. The maximum Gasteiger partial charge on any atom is 0.245 e. The molecule has 10 rings (SSSR count). The van der Waals surface area contributed by atoms with E-state index in [9.17, 15) is 9.59 Å². The lowest BCUT2D eigenvalue weighted by Gasteiger charge is -2.38. The lowest BCUT2D eigenvalue weighted by Crippen LogP contribution is -2.54. The largest absolute Gasteiger partial charge is 0.367 e. The van der Waals surface area contributed by atoms with Crippen LogP contribution < -0.4 is 10.6 Å². The fourth-order valence-electron chi connectivity index (χ4n) is 10.6. The maximum atomic E-state index is 14.5. The fourth-order valence-corrected chi connectivity index (χ4v) is 10.6. The summed E-state index contributed by atoms with van der Waals surface area (Å²) in [5, 5.41) is 7.11. The van der Waals surface area contributed by atoms with Crippen LogP contribution in [0.4, 0.5) is 0 Å². The Kier molecular flexibility index (Phi) is 11.8. The van der Waals surface area contributed by atoms with Crippen molar-refractivity contribution in [3.8, 4) is 23.0 Å². The minimum absolute atomic E-state index is 0.0488. The van der Waals surface area contributed by atoms with Crippen molar-refractivity contribution in [3.63, 3.8) is 0 Å². The van der Waals surface area contributed by atoms with Gasteiger partial charge in [-0.2, -0.15) is 0 Å². The molecular weight excluding hydrogens is 769 g/mol. The average Bonchev–Trinajstić information content (AvgIpc) is 4.17. The van der Waals surface area contributed by atoms with Crippen LogP contribution in [0, 0.1) is 11.8 Å². The average molecular weight is 827 g/mol. The molecule has 3 N–H and O–H groups in total. The van der Waals surface area contributed by atoms with Crippen molar-refractivity contribution in [1.29, 1.82) is 0 Å². The minimum Gasteiger partial charge on any atom is -0.367 e. The molecule has 318 valence electrons. The number of likely N-dealkylation sites (tertiary alicyclic amines) is 4. The zero-order valence-electron chi connectivity index (χ0n) is 35.6. The third-order valence-corrected chi connectivity index (χ3v) is 13.8. The van der Waals surface area contributed by atoms with Gasteiger partial charge in [-0.05, 0) is 130 Å². The Balaban J connectivity index is 0.790. The topological polar surface area (TPSA) is 99.8 Å². The van der Waals surface area contributed by atoms with Crippen LogP contribution >= 0.6 is 0 Å². The number of nitrogens with one attached hydrogen (secondary N) is 3. The number of aromatic nitrogens is 2. The summed E-state index contributed by atoms with van der Waals surface area (Å²) >= 11 is 0. The van der Waals surface area contributed by atoms with Crippen LogP contribution in [0.1, 0.15) is 105 Å². The summed E-state index contributed by atoms with van der Waals surface area (Å²) in [6, 6.07) is 34.9. The Labute approximate surface area is 365 Å². The first-order valence-corrected chi connectivity index (χ1v) is 23.1. The smallest absolute Gasteiger partial charge is 0.245 e. The van der Waals surface area contributed by atoms with Crippen LogP contribution in [0.5, 0.6) is 0 Å². The number of allylic oxidation sites excluding steroid dienone is 1. The molecule has 0 saturated carbocycles. The van der Waals surface area contributed by atoms with Crippen molar-refractivity contribution in [1.82, 2.24) is 40.2 Å². The van der Waals surface area contributed by atoms with Gasteiger partial charge in [-0.3, -0.25) is 19.4 Å². The predicted octanol–water partition coefficient (Wildman–Crippen LogP) is 8.05. The Hall–Kier alpha value is -5.89. The molecule has 1 unspecified atom stereocenters. The van der Waals surface area contributed by atoms with Gasteiger partial charge in [0.05, 0.1) is 23.1 Å². The summed E-state index contributed by atoms with van der Waals surface area (Å²) in [6.07, 6.45) is 12.7. The Morgan fingerprint density at radius 2 is 1.21 bits per heavy atom. The molecule has 5 aromatic rings. The number of benzene rings is 4. The van der Waals surface area contributed by atoms with Crippen molar-refractivity contribution < 1.29 is 9.59 Å². The van der Waals surface area contributed by atoms with Gasteiger partial charge in [-0.25, -0.2) is 4.98 Å². The van der Waals surface area contributed by atoms with E-state index in [0.717, 1.165) is 141 Å². The van der Waals surface area contributed by atoms with Gasteiger partial charge in [0.1, 0.15) is 29.8 Å². The second-order valence-electron chi connectivity index (χ2n) is 17.8. The zero-order chi connectivity index (χ0) is 41.8. The van der Waals surface area contributed by atoms with E-state index in [0.29, 0.717) is 0 Å². The number of hydrogen-bond donors (Lipinski definition) is 3. The number of amides is 2. The van der Waals surface area contributed by atoms with E-state index in [1.165, 1.54) is 12.8 Å². The molecule has 4 fully saturated rings. The van der Waals surface area contributed by atoms with Gasteiger partial charge in [0, 0.05) is 24.9 Å². The molecule has 5 atom stereocenters. The standard InChI is InChI=1S/C52H58N8O2/c61-51(47(39-15-5-1-6-16-39)57-29-9-3-10-30-57)59-33-13-19-45(59)49-53-36-42(54-49)27-23-37-21-24-38(25-22-37)41-26-28-43-44(35-41)56-50(55-43)46-20-14-34-60(46)52(62)48(40-17-7-2-8-18-40)58-31-11-4-12-32-58/h1-2,5-8,15-18,21-22,24-26,28,35-36,45-49,53-54H,3-4,9-14,19-20,29-34H2,(H,55,56)/t45-,46-,47+,48+,49?/m0/s1. The van der Waals surface area contributed by atoms with E-state index in [1.54, 1.807) is 0 Å². The summed E-state index contributed by atoms with van der Waals surface area (Å²) in [6.45, 7) is 5.36. The Morgan fingerprint density at radius 3 is 1.87 bits per heavy atom. The second kappa shape index (κ2) is 18.2. The number of rotatable bonds is 9. The highest BCUT2D eigenvalue weighted by molar-refractivity contribution is 5.86. The SMILES string of the molecule is O=C([C@@H](c1ccccc1)N1CCCCC1)N1CCC[C@H]1c1nc2ccc(-c3ccc(C#CC4=CNC([C@@H]5CCCN5C(=O)[C@@H](c5ccccc5)N5CCCCC5)N4)cc3)cc2[nH]1. The molecule has 10 nitrogen and oxygen atoms in total. The van der Waals surface area contributed by atoms with E-state index < -0.39 is 0 Å². The second-order valence-corrected chi connectivity index (χ2v) is 17.8. The van der Waals surface area contributed by atoms with Crippen LogP contribution in [0.25, 0.3) is 22.2 Å². The maximum absolute atomic E-state index is 14.5. The van der Waals surface area contributed by atoms with Gasteiger partial charge >= 0.3 is 0 Å². The summed E-state index contributed by atoms with van der Waals surface area (Å²) in [5.74, 6) is 7.95. The van der Waals surface area contributed by atoms with Gasteiger partial charge in [0.2, 0.25) is 11.8 Å². The van der Waals surface area contributed by atoms with E-state index in [2.05, 4.69) is 114 Å². The lowest BCUT2D eigenvalue weighted by atomic mass is 9.99. The van der Waals surface area contributed by atoms with Gasteiger partial charge in [-0.1, -0.05) is 97.6 Å². The van der Waals surface area contributed by atoms with E-state index in [-0.39, 0.29) is 42.1 Å². The van der Waals surface area contributed by atoms with Crippen LogP contribution in [0.2, 0.25) is 0 Å².